The van der Waals surface area contributed by atoms with Crippen LogP contribution in [0.5, 0.6) is 0 Å². The van der Waals surface area contributed by atoms with Gasteiger partial charge in [0.15, 0.2) is 0 Å². The molecule has 10 unspecified atom stereocenters. The molecule has 14 N–H and O–H groups in total. The lowest BCUT2D eigenvalue weighted by Gasteiger charge is -2.46. The molecular formula is C70H122N10O20. The molecule has 3 aliphatic carbocycles. The number of ether oxygens (including phenoxy) is 6. The van der Waals surface area contributed by atoms with E-state index in [2.05, 4.69) is 80.9 Å². The summed E-state index contributed by atoms with van der Waals surface area (Å²) in [6, 6.07) is -0.967. The number of hydrogen-bond acceptors (Lipinski definition) is 20. The van der Waals surface area contributed by atoms with Crippen LogP contribution >= 0.6 is 0 Å². The lowest BCUT2D eigenvalue weighted by molar-refractivity contribution is -0.139. The SMILES string of the molecule is CCC(C/C=C/CC(=O)NCNC(C)(C)CC(=O)O)OC(=O)NCC1(C)CC(NC(=O)OCC(O)COC(=O)NCC2(C)CC(NC(=O)OCC(O)COC(=O)NCC3(C)CC(NC(=O)OC(CC)C/C=C/CC(=O)NCNC(C)(C)CC(=O)O)CC(C)(C)C3)CC(C)(C)C2)CC(C)(C)C1. The lowest BCUT2D eigenvalue weighted by atomic mass is 9.62. The first kappa shape index (κ1) is 87.0. The zero-order valence-corrected chi connectivity index (χ0v) is 62.1. The molecule has 0 aromatic rings. The third-order valence-electron chi connectivity index (χ3n) is 18.0. The van der Waals surface area contributed by atoms with Crippen molar-refractivity contribution in [2.24, 2.45) is 32.5 Å². The third-order valence-corrected chi connectivity index (χ3v) is 18.0. The van der Waals surface area contributed by atoms with Crippen LogP contribution in [-0.2, 0) is 47.6 Å². The summed E-state index contributed by atoms with van der Waals surface area (Å²) in [5.74, 6) is -2.40. The Balaban J connectivity index is 1.34. The Morgan fingerprint density at radius 3 is 1.05 bits per heavy atom. The average Bonchev–Trinajstić information content (AvgIpc) is 0.812. The number of amides is 8. The van der Waals surface area contributed by atoms with Crippen molar-refractivity contribution in [1.29, 1.82) is 0 Å². The first-order chi connectivity index (χ1) is 46.3. The maximum absolute atomic E-state index is 13.1. The van der Waals surface area contributed by atoms with Crippen LogP contribution in [-0.4, -0.2) is 194 Å². The third kappa shape index (κ3) is 36.9. The van der Waals surface area contributed by atoms with Gasteiger partial charge in [-0.3, -0.25) is 29.8 Å². The van der Waals surface area contributed by atoms with E-state index in [0.29, 0.717) is 70.6 Å². The molecule has 0 aliphatic heterocycles. The molecule has 572 valence electrons. The number of rotatable bonds is 39. The summed E-state index contributed by atoms with van der Waals surface area (Å²) in [6.45, 7) is 28.1. The molecular weight excluding hydrogens is 1300 g/mol. The van der Waals surface area contributed by atoms with Crippen LogP contribution in [0.4, 0.5) is 28.8 Å². The van der Waals surface area contributed by atoms with Gasteiger partial charge in [-0.2, -0.15) is 0 Å². The number of nitrogens with one attached hydrogen (secondary N) is 10. The molecule has 100 heavy (non-hydrogen) atoms. The Labute approximate surface area is 590 Å². The minimum absolute atomic E-state index is 0.0950. The lowest BCUT2D eigenvalue weighted by Crippen LogP contribution is -2.51. The van der Waals surface area contributed by atoms with Gasteiger partial charge >= 0.3 is 48.5 Å². The molecule has 0 aromatic carbocycles. The Kier molecular flexibility index (Phi) is 34.7. The van der Waals surface area contributed by atoms with Crippen molar-refractivity contribution in [3.63, 3.8) is 0 Å². The number of aliphatic hydroxyl groups excluding tert-OH is 2. The van der Waals surface area contributed by atoms with Gasteiger partial charge in [0.1, 0.15) is 50.8 Å². The van der Waals surface area contributed by atoms with Crippen molar-refractivity contribution < 1.29 is 96.8 Å². The van der Waals surface area contributed by atoms with Gasteiger partial charge in [0.2, 0.25) is 11.8 Å². The van der Waals surface area contributed by atoms with E-state index >= 15 is 0 Å². The number of carboxylic acids is 2. The smallest absolute Gasteiger partial charge is 0.407 e. The van der Waals surface area contributed by atoms with Gasteiger partial charge in [0.05, 0.1) is 26.2 Å². The number of hydrogen-bond donors (Lipinski definition) is 14. The standard InChI is InChI=1S/C70H122N10O20/c1-16-51(22-18-20-24-53(83)74-44-76-66(9,10)32-55(85)86)99-59(91)73-43-70(15)30-47(27-64(5,6)40-70)79-61(93)98-37-49(81)34-95-57(89)71-41-68(13)29-46(26-63(3,4)38-68)78-60(92)97-36-50(82)35-96-58(90)72-42-69(14)31-48(28-65(7,8)39-69)80-62(94)100-52(17-2)23-19-21-25-54(84)75-45-77-67(11,12)33-56(87)88/h18-21,46-52,76-77,81-82H,16-17,22-45H2,1-15H3,(H,71,89)(H,72,90)(H,73,91)(H,74,83)(H,75,84)(H,78,92)(H,79,93)(H,80,94)(H,85,86)(H,87,88)/b20-18+,21-19+. The van der Waals surface area contributed by atoms with Gasteiger partial charge in [-0.25, -0.2) is 28.8 Å². The van der Waals surface area contributed by atoms with E-state index in [1.807, 2.05) is 48.5 Å². The highest BCUT2D eigenvalue weighted by atomic mass is 16.6. The van der Waals surface area contributed by atoms with Crippen molar-refractivity contribution in [2.45, 2.75) is 267 Å². The van der Waals surface area contributed by atoms with Crippen molar-refractivity contribution in [3.8, 4) is 0 Å². The molecule has 0 aromatic heterocycles. The van der Waals surface area contributed by atoms with Crippen molar-refractivity contribution in [3.05, 3.63) is 24.3 Å². The number of aliphatic hydroxyl groups is 2. The second kappa shape index (κ2) is 39.9. The van der Waals surface area contributed by atoms with Gasteiger partial charge < -0.3 is 91.4 Å². The summed E-state index contributed by atoms with van der Waals surface area (Å²) in [5.41, 5.74) is -3.51. The number of carbonyl (C=O) groups is 10. The molecule has 30 heteroatoms. The fourth-order valence-electron chi connectivity index (χ4n) is 14.6. The average molecular weight is 1420 g/mol. The first-order valence-electron chi connectivity index (χ1n) is 35.1. The second-order valence-electron chi connectivity index (χ2n) is 32.5. The van der Waals surface area contributed by atoms with Gasteiger partial charge in [-0.05, 0) is 131 Å². The van der Waals surface area contributed by atoms with E-state index in [9.17, 15) is 58.2 Å². The number of alkyl carbamates (subject to hydrolysis) is 6. The quantitative estimate of drug-likeness (QED) is 0.0158. The maximum atomic E-state index is 13.1. The minimum Gasteiger partial charge on any atom is -0.481 e. The van der Waals surface area contributed by atoms with Crippen LogP contribution in [0, 0.1) is 32.5 Å². The van der Waals surface area contributed by atoms with E-state index in [1.165, 1.54) is 0 Å². The van der Waals surface area contributed by atoms with Crippen LogP contribution in [0.1, 0.15) is 213 Å². The van der Waals surface area contributed by atoms with Crippen molar-refractivity contribution in [1.82, 2.24) is 53.2 Å². The Hall–Kier alpha value is -7.18. The molecule has 0 spiro atoms. The predicted octanol–water partition coefficient (Wildman–Crippen LogP) is 7.88. The van der Waals surface area contributed by atoms with E-state index in [-0.39, 0.29) is 105 Å². The highest BCUT2D eigenvalue weighted by Crippen LogP contribution is 2.48. The van der Waals surface area contributed by atoms with Crippen LogP contribution in [0.25, 0.3) is 0 Å². The number of aliphatic carboxylic acids is 2. The molecule has 0 bridgehead atoms. The molecule has 3 saturated carbocycles. The van der Waals surface area contributed by atoms with E-state index in [4.69, 9.17) is 38.6 Å². The molecule has 8 amide bonds. The number of carboxylic acid groups (broad SMARTS) is 2. The fraction of sp³-hybridized carbons (Fsp3) is 0.800. The fourth-order valence-corrected chi connectivity index (χ4v) is 14.6. The van der Waals surface area contributed by atoms with Crippen molar-refractivity contribution in [2.75, 3.05) is 59.4 Å². The molecule has 3 rings (SSSR count). The Bertz CT molecular complexity index is 2760. The summed E-state index contributed by atoms with van der Waals surface area (Å²) in [4.78, 5) is 125. The molecule has 0 radical (unpaired) electrons. The summed E-state index contributed by atoms with van der Waals surface area (Å²) in [7, 11) is 0. The Morgan fingerprint density at radius 2 is 0.730 bits per heavy atom. The van der Waals surface area contributed by atoms with E-state index in [0.717, 1.165) is 12.8 Å². The first-order valence-corrected chi connectivity index (χ1v) is 35.1. The molecule has 0 heterocycles. The topological polar surface area (TPSA) is 427 Å². The largest absolute Gasteiger partial charge is 0.481 e. The molecule has 30 nitrogen and oxygen atoms in total. The molecule has 10 atom stereocenters. The van der Waals surface area contributed by atoms with Gasteiger partial charge in [-0.1, -0.05) is 100 Å². The summed E-state index contributed by atoms with van der Waals surface area (Å²) in [6.07, 6.45) is 6.43. The van der Waals surface area contributed by atoms with Crippen LogP contribution in [0.2, 0.25) is 0 Å². The van der Waals surface area contributed by atoms with Gasteiger partial charge in [0.25, 0.3) is 0 Å². The second-order valence-corrected chi connectivity index (χ2v) is 32.5. The van der Waals surface area contributed by atoms with Crippen LogP contribution < -0.4 is 53.2 Å². The summed E-state index contributed by atoms with van der Waals surface area (Å²) >= 11 is 0. The summed E-state index contributed by atoms with van der Waals surface area (Å²) < 4.78 is 32.7. The highest BCUT2D eigenvalue weighted by Gasteiger charge is 2.45. The van der Waals surface area contributed by atoms with Crippen molar-refractivity contribution >= 4 is 60.3 Å². The van der Waals surface area contributed by atoms with Crippen LogP contribution in [0.3, 0.4) is 0 Å². The van der Waals surface area contributed by atoms with Gasteiger partial charge in [-0.15, -0.1) is 0 Å². The highest BCUT2D eigenvalue weighted by molar-refractivity contribution is 5.78. The minimum atomic E-state index is -1.34. The van der Waals surface area contributed by atoms with Gasteiger partial charge in [0, 0.05) is 74.5 Å². The summed E-state index contributed by atoms with van der Waals surface area (Å²) in [5, 5.41) is 68.0. The normalized spacial score (nSPS) is 23.8. The monoisotopic (exact) mass is 1420 g/mol. The molecule has 3 fully saturated rings. The van der Waals surface area contributed by atoms with E-state index in [1.54, 1.807) is 52.0 Å². The maximum Gasteiger partial charge on any atom is 0.407 e. The zero-order chi connectivity index (χ0) is 75.3. The van der Waals surface area contributed by atoms with Crippen LogP contribution in [0.15, 0.2) is 24.3 Å². The Morgan fingerprint density at radius 1 is 0.430 bits per heavy atom. The molecule has 0 saturated heterocycles. The number of carbonyl (C=O) groups excluding carboxylic acids is 8. The zero-order valence-electron chi connectivity index (χ0n) is 62.1. The molecule has 3 aliphatic rings. The predicted molar refractivity (Wildman–Crippen MR) is 372 cm³/mol. The van der Waals surface area contributed by atoms with E-state index < -0.39 is 127 Å².